The molecule has 0 atom stereocenters. The predicted molar refractivity (Wildman–Crippen MR) is 117 cm³/mol. The van der Waals surface area contributed by atoms with Gasteiger partial charge in [-0.05, 0) is 22.6 Å². The van der Waals surface area contributed by atoms with Gasteiger partial charge in [-0.25, -0.2) is 4.98 Å². The lowest BCUT2D eigenvalue weighted by atomic mass is 9.86. The molecule has 0 bridgehead atoms. The molecule has 0 aliphatic rings. The van der Waals surface area contributed by atoms with E-state index >= 15 is 0 Å². The standard InChI is InChI=1S/C22H21N3O3S/c1-22(2,3)17-10-8-16(9-11-17)19-14-29-21(23-19)24-20(26)12-7-15-5-4-6-18(13-15)25(27)28/h4-14H,1-3H3,(H,23,24,26)/b12-7+. The van der Waals surface area contributed by atoms with Crippen molar-refractivity contribution in [1.82, 2.24) is 4.98 Å². The van der Waals surface area contributed by atoms with Gasteiger partial charge >= 0.3 is 0 Å². The summed E-state index contributed by atoms with van der Waals surface area (Å²) < 4.78 is 0. The molecule has 29 heavy (non-hydrogen) atoms. The van der Waals surface area contributed by atoms with Crippen molar-refractivity contribution in [2.75, 3.05) is 5.32 Å². The van der Waals surface area contributed by atoms with Gasteiger partial charge in [0.1, 0.15) is 0 Å². The fourth-order valence-corrected chi connectivity index (χ4v) is 3.39. The maximum absolute atomic E-state index is 12.1. The zero-order chi connectivity index (χ0) is 21.0. The number of nitrogens with one attached hydrogen (secondary N) is 1. The lowest BCUT2D eigenvalue weighted by Crippen LogP contribution is -2.10. The van der Waals surface area contributed by atoms with E-state index in [1.54, 1.807) is 12.1 Å². The van der Waals surface area contributed by atoms with Crippen LogP contribution in [-0.4, -0.2) is 15.8 Å². The molecule has 1 heterocycles. The zero-order valence-electron chi connectivity index (χ0n) is 16.4. The topological polar surface area (TPSA) is 85.1 Å². The van der Waals surface area contributed by atoms with E-state index in [9.17, 15) is 14.9 Å². The minimum absolute atomic E-state index is 0.0189. The molecule has 3 rings (SSSR count). The highest BCUT2D eigenvalue weighted by atomic mass is 32.1. The largest absolute Gasteiger partial charge is 0.298 e. The number of hydrogen-bond acceptors (Lipinski definition) is 5. The Balaban J connectivity index is 1.66. The molecule has 6 nitrogen and oxygen atoms in total. The number of amides is 1. The number of benzene rings is 2. The number of aromatic nitrogens is 1. The van der Waals surface area contributed by atoms with Gasteiger partial charge < -0.3 is 0 Å². The van der Waals surface area contributed by atoms with Gasteiger partial charge in [0.2, 0.25) is 5.91 Å². The van der Waals surface area contributed by atoms with Crippen LogP contribution in [0.5, 0.6) is 0 Å². The highest BCUT2D eigenvalue weighted by Crippen LogP contribution is 2.28. The third-order valence-corrected chi connectivity index (χ3v) is 5.05. The lowest BCUT2D eigenvalue weighted by Gasteiger charge is -2.18. The fraction of sp³-hybridized carbons (Fsp3) is 0.182. The first kappa shape index (κ1) is 20.4. The Bertz CT molecular complexity index is 1060. The van der Waals surface area contributed by atoms with Crippen LogP contribution in [0.15, 0.2) is 60.0 Å². The monoisotopic (exact) mass is 407 g/mol. The third-order valence-electron chi connectivity index (χ3n) is 4.29. The number of rotatable bonds is 5. The molecule has 0 fully saturated rings. The Morgan fingerprint density at radius 2 is 1.90 bits per heavy atom. The van der Waals surface area contributed by atoms with Gasteiger partial charge in [0.15, 0.2) is 5.13 Å². The van der Waals surface area contributed by atoms with E-state index < -0.39 is 4.92 Å². The number of hydrogen-bond donors (Lipinski definition) is 1. The van der Waals surface area contributed by atoms with Crippen LogP contribution in [0.3, 0.4) is 0 Å². The van der Waals surface area contributed by atoms with E-state index in [2.05, 4.69) is 43.2 Å². The van der Waals surface area contributed by atoms with Crippen LogP contribution in [0, 0.1) is 10.1 Å². The van der Waals surface area contributed by atoms with Gasteiger partial charge in [0.05, 0.1) is 10.6 Å². The number of carbonyl (C=O) groups excluding carboxylic acids is 1. The fourth-order valence-electron chi connectivity index (χ4n) is 2.67. The van der Waals surface area contributed by atoms with Crippen LogP contribution in [0.25, 0.3) is 17.3 Å². The number of anilines is 1. The molecule has 1 aromatic heterocycles. The third kappa shape index (κ3) is 5.36. The summed E-state index contributed by atoms with van der Waals surface area (Å²) in [5, 5.41) is 15.9. The van der Waals surface area contributed by atoms with Crippen LogP contribution in [0.2, 0.25) is 0 Å². The average molecular weight is 407 g/mol. The zero-order valence-corrected chi connectivity index (χ0v) is 17.2. The van der Waals surface area contributed by atoms with Crippen molar-refractivity contribution in [3.8, 4) is 11.3 Å². The van der Waals surface area contributed by atoms with Crippen LogP contribution >= 0.6 is 11.3 Å². The second kappa shape index (κ2) is 8.36. The van der Waals surface area contributed by atoms with Crippen molar-refractivity contribution in [2.24, 2.45) is 0 Å². The summed E-state index contributed by atoms with van der Waals surface area (Å²) in [6, 6.07) is 14.3. The number of non-ortho nitro benzene ring substituents is 1. The first-order valence-electron chi connectivity index (χ1n) is 9.02. The Kier molecular flexibility index (Phi) is 5.89. The lowest BCUT2D eigenvalue weighted by molar-refractivity contribution is -0.384. The molecule has 2 aromatic carbocycles. The van der Waals surface area contributed by atoms with E-state index in [-0.39, 0.29) is 17.0 Å². The quantitative estimate of drug-likeness (QED) is 0.335. The minimum Gasteiger partial charge on any atom is -0.298 e. The number of thiazole rings is 1. The molecule has 3 aromatic rings. The molecule has 0 spiro atoms. The molecule has 1 N–H and O–H groups in total. The van der Waals surface area contributed by atoms with E-state index in [0.29, 0.717) is 10.7 Å². The molecule has 0 unspecified atom stereocenters. The van der Waals surface area contributed by atoms with Gasteiger partial charge in [0.25, 0.3) is 5.69 Å². The molecule has 1 amide bonds. The number of nitrogens with zero attached hydrogens (tertiary/aromatic N) is 2. The van der Waals surface area contributed by atoms with Crippen molar-refractivity contribution < 1.29 is 9.72 Å². The maximum Gasteiger partial charge on any atom is 0.270 e. The Morgan fingerprint density at radius 3 is 2.55 bits per heavy atom. The molecule has 0 aliphatic carbocycles. The van der Waals surface area contributed by atoms with E-state index in [1.165, 1.54) is 41.2 Å². The van der Waals surface area contributed by atoms with Crippen molar-refractivity contribution in [3.63, 3.8) is 0 Å². The summed E-state index contributed by atoms with van der Waals surface area (Å²) in [6.07, 6.45) is 2.86. The molecule has 0 radical (unpaired) electrons. The summed E-state index contributed by atoms with van der Waals surface area (Å²) in [7, 11) is 0. The Hall–Kier alpha value is -3.32. The first-order chi connectivity index (χ1) is 13.7. The van der Waals surface area contributed by atoms with Crippen molar-refractivity contribution in [2.45, 2.75) is 26.2 Å². The summed E-state index contributed by atoms with van der Waals surface area (Å²) in [5.74, 6) is -0.347. The van der Waals surface area contributed by atoms with Crippen LogP contribution < -0.4 is 5.32 Å². The van der Waals surface area contributed by atoms with Crippen molar-refractivity contribution >= 4 is 34.1 Å². The van der Waals surface area contributed by atoms with Crippen LogP contribution in [0.4, 0.5) is 10.8 Å². The predicted octanol–water partition coefficient (Wildman–Crippen LogP) is 5.67. The Labute approximate surface area is 173 Å². The van der Waals surface area contributed by atoms with E-state index in [4.69, 9.17) is 0 Å². The molecule has 7 heteroatoms. The van der Waals surface area contributed by atoms with Crippen molar-refractivity contribution in [3.05, 3.63) is 81.2 Å². The Morgan fingerprint density at radius 1 is 1.17 bits per heavy atom. The molecule has 0 saturated carbocycles. The van der Waals surface area contributed by atoms with Crippen LogP contribution in [0.1, 0.15) is 31.9 Å². The number of nitro benzene ring substituents is 1. The second-order valence-corrected chi connectivity index (χ2v) is 8.40. The highest BCUT2D eigenvalue weighted by molar-refractivity contribution is 7.14. The van der Waals surface area contributed by atoms with E-state index in [0.717, 1.165) is 11.3 Å². The van der Waals surface area contributed by atoms with Gasteiger partial charge in [-0.2, -0.15) is 0 Å². The first-order valence-corrected chi connectivity index (χ1v) is 9.90. The summed E-state index contributed by atoms with van der Waals surface area (Å²) in [4.78, 5) is 27.0. The normalized spacial score (nSPS) is 11.6. The minimum atomic E-state index is -0.470. The van der Waals surface area contributed by atoms with Gasteiger partial charge in [-0.15, -0.1) is 11.3 Å². The SMILES string of the molecule is CC(C)(C)c1ccc(-c2csc(NC(=O)/C=C/c3cccc([N+](=O)[O-])c3)n2)cc1. The van der Waals surface area contributed by atoms with E-state index in [1.807, 2.05) is 17.5 Å². The smallest absolute Gasteiger partial charge is 0.270 e. The average Bonchev–Trinajstić information content (AvgIpc) is 3.14. The van der Waals surface area contributed by atoms with Gasteiger partial charge in [-0.3, -0.25) is 20.2 Å². The highest BCUT2D eigenvalue weighted by Gasteiger charge is 2.14. The van der Waals surface area contributed by atoms with Gasteiger partial charge in [-0.1, -0.05) is 57.2 Å². The van der Waals surface area contributed by atoms with Gasteiger partial charge in [0, 0.05) is 29.2 Å². The van der Waals surface area contributed by atoms with Crippen LogP contribution in [-0.2, 0) is 10.2 Å². The second-order valence-electron chi connectivity index (χ2n) is 7.54. The molecular weight excluding hydrogens is 386 g/mol. The summed E-state index contributed by atoms with van der Waals surface area (Å²) in [6.45, 7) is 6.50. The number of nitro groups is 1. The summed E-state index contributed by atoms with van der Waals surface area (Å²) >= 11 is 1.34. The number of carbonyl (C=O) groups is 1. The van der Waals surface area contributed by atoms with Crippen molar-refractivity contribution in [1.29, 1.82) is 0 Å². The summed E-state index contributed by atoms with van der Waals surface area (Å²) in [5.41, 5.74) is 3.68. The molecule has 0 saturated heterocycles. The molecule has 0 aliphatic heterocycles. The molecule has 148 valence electrons. The maximum atomic E-state index is 12.1. The molecular formula is C22H21N3O3S.